The quantitative estimate of drug-likeness (QED) is 0.501. The fraction of sp³-hybridized carbons (Fsp3) is 0.0455. The number of carbonyl (C=O) groups is 1. The summed E-state index contributed by atoms with van der Waals surface area (Å²) >= 11 is 0. The van der Waals surface area contributed by atoms with Crippen LogP contribution in [0.4, 0.5) is 4.39 Å². The van der Waals surface area contributed by atoms with E-state index in [0.29, 0.717) is 33.7 Å². The molecule has 4 nitrogen and oxygen atoms in total. The predicted octanol–water partition coefficient (Wildman–Crippen LogP) is 5.39. The molecule has 0 fully saturated rings. The number of ether oxygens (including phenoxy) is 1. The average molecular weight is 361 g/mol. The smallest absolute Gasteiger partial charge is 0.307 e. The van der Waals surface area contributed by atoms with Gasteiger partial charge in [-0.2, -0.15) is 0 Å². The lowest BCUT2D eigenvalue weighted by molar-refractivity contribution is -0.136. The molecule has 0 saturated heterocycles. The molecule has 0 radical (unpaired) electrons. The topological polar surface area (TPSA) is 62.3 Å². The molecule has 1 heterocycles. The van der Waals surface area contributed by atoms with Crippen LogP contribution in [0.25, 0.3) is 22.2 Å². The number of fused-ring (bicyclic) bond motifs is 1. The Labute approximate surface area is 154 Å². The van der Waals surface area contributed by atoms with Gasteiger partial charge in [0, 0.05) is 10.9 Å². The molecule has 2 N–H and O–H groups in total. The molecule has 0 aliphatic rings. The van der Waals surface area contributed by atoms with Gasteiger partial charge < -0.3 is 14.8 Å². The van der Waals surface area contributed by atoms with Gasteiger partial charge in [-0.1, -0.05) is 42.5 Å². The largest absolute Gasteiger partial charge is 0.481 e. The number of para-hydroxylation sites is 2. The molecule has 0 unspecified atom stereocenters. The Morgan fingerprint density at radius 1 is 0.963 bits per heavy atom. The molecule has 5 heteroatoms. The first-order chi connectivity index (χ1) is 13.1. The van der Waals surface area contributed by atoms with Crippen LogP contribution in [0.5, 0.6) is 11.5 Å². The molecule has 0 amide bonds. The van der Waals surface area contributed by atoms with Crippen LogP contribution in [0.1, 0.15) is 5.56 Å². The van der Waals surface area contributed by atoms with Crippen LogP contribution in [-0.4, -0.2) is 16.1 Å². The number of hydrogen-bond acceptors (Lipinski definition) is 2. The molecule has 3 aromatic carbocycles. The zero-order valence-corrected chi connectivity index (χ0v) is 14.3. The van der Waals surface area contributed by atoms with E-state index in [0.717, 1.165) is 5.56 Å². The lowest BCUT2D eigenvalue weighted by Crippen LogP contribution is -2.01. The molecular formula is C22H16FNO3. The monoisotopic (exact) mass is 361 g/mol. The van der Waals surface area contributed by atoms with Gasteiger partial charge in [-0.15, -0.1) is 0 Å². The van der Waals surface area contributed by atoms with Crippen LogP contribution >= 0.6 is 0 Å². The van der Waals surface area contributed by atoms with Crippen LogP contribution in [0, 0.1) is 5.82 Å². The highest BCUT2D eigenvalue weighted by molar-refractivity contribution is 5.94. The van der Waals surface area contributed by atoms with E-state index in [1.165, 1.54) is 6.07 Å². The van der Waals surface area contributed by atoms with E-state index in [4.69, 9.17) is 4.74 Å². The summed E-state index contributed by atoms with van der Waals surface area (Å²) in [6, 6.07) is 21.3. The van der Waals surface area contributed by atoms with Crippen molar-refractivity contribution in [2.24, 2.45) is 0 Å². The number of carboxylic acids is 1. The molecule has 4 rings (SSSR count). The van der Waals surface area contributed by atoms with Crippen molar-refractivity contribution in [1.82, 2.24) is 4.98 Å². The summed E-state index contributed by atoms with van der Waals surface area (Å²) in [5.74, 6) is -0.0811. The Morgan fingerprint density at radius 3 is 2.48 bits per heavy atom. The highest BCUT2D eigenvalue weighted by atomic mass is 19.1. The Hall–Kier alpha value is -3.60. The van der Waals surface area contributed by atoms with Crippen molar-refractivity contribution in [2.75, 3.05) is 0 Å². The summed E-state index contributed by atoms with van der Waals surface area (Å²) in [6.45, 7) is 0. The third-order valence-electron chi connectivity index (χ3n) is 4.32. The summed E-state index contributed by atoms with van der Waals surface area (Å²) < 4.78 is 20.1. The van der Waals surface area contributed by atoms with Crippen LogP contribution < -0.4 is 4.74 Å². The molecule has 1 aromatic heterocycles. The number of carboxylic acid groups (broad SMARTS) is 1. The molecule has 0 bridgehead atoms. The maximum Gasteiger partial charge on any atom is 0.307 e. The summed E-state index contributed by atoms with van der Waals surface area (Å²) in [6.07, 6.45) is -0.206. The Bertz CT molecular complexity index is 1120. The molecule has 0 aliphatic carbocycles. The minimum atomic E-state index is -0.974. The van der Waals surface area contributed by atoms with E-state index < -0.39 is 11.8 Å². The number of hydrogen-bond donors (Lipinski definition) is 2. The second-order valence-corrected chi connectivity index (χ2v) is 6.15. The van der Waals surface area contributed by atoms with Gasteiger partial charge in [0.2, 0.25) is 0 Å². The van der Waals surface area contributed by atoms with Gasteiger partial charge in [-0.3, -0.25) is 4.79 Å². The van der Waals surface area contributed by atoms with Gasteiger partial charge in [-0.05, 0) is 35.9 Å². The maximum absolute atomic E-state index is 14.2. The van der Waals surface area contributed by atoms with Gasteiger partial charge >= 0.3 is 5.97 Å². The highest BCUT2D eigenvalue weighted by Gasteiger charge is 2.18. The Morgan fingerprint density at radius 2 is 1.70 bits per heavy atom. The molecule has 27 heavy (non-hydrogen) atoms. The molecule has 0 aliphatic heterocycles. The van der Waals surface area contributed by atoms with E-state index >= 15 is 0 Å². The number of aromatic amines is 1. The fourth-order valence-electron chi connectivity index (χ4n) is 3.16. The summed E-state index contributed by atoms with van der Waals surface area (Å²) in [4.78, 5) is 14.4. The first kappa shape index (κ1) is 16.8. The molecular weight excluding hydrogens is 345 g/mol. The lowest BCUT2D eigenvalue weighted by Gasteiger charge is -2.08. The zero-order valence-electron chi connectivity index (χ0n) is 14.3. The number of nitrogens with one attached hydrogen (secondary N) is 1. The standard InChI is InChI=1S/C22H16FNO3/c23-19-11-5-10-17-18(13-20(25)26)21(24-22(17)19)14-6-4-9-16(12-14)27-15-7-2-1-3-8-15/h1-12,24H,13H2,(H,25,26). The molecule has 134 valence electrons. The van der Waals surface area contributed by atoms with Gasteiger partial charge in [0.05, 0.1) is 17.6 Å². The summed E-state index contributed by atoms with van der Waals surface area (Å²) in [7, 11) is 0. The average Bonchev–Trinajstić information content (AvgIpc) is 3.02. The minimum absolute atomic E-state index is 0.206. The lowest BCUT2D eigenvalue weighted by atomic mass is 10.0. The van der Waals surface area contributed by atoms with Gasteiger partial charge in [0.15, 0.2) is 0 Å². The van der Waals surface area contributed by atoms with Crippen molar-refractivity contribution in [3.05, 3.63) is 84.2 Å². The Kier molecular flexibility index (Phi) is 4.34. The molecule has 0 atom stereocenters. The van der Waals surface area contributed by atoms with Crippen LogP contribution in [0.15, 0.2) is 72.8 Å². The second kappa shape index (κ2) is 6.96. The summed E-state index contributed by atoms with van der Waals surface area (Å²) in [5.41, 5.74) is 2.17. The van der Waals surface area contributed by atoms with E-state index in [9.17, 15) is 14.3 Å². The van der Waals surface area contributed by atoms with Gasteiger partial charge in [-0.25, -0.2) is 4.39 Å². The second-order valence-electron chi connectivity index (χ2n) is 6.15. The SMILES string of the molecule is O=C(O)Cc1c(-c2cccc(Oc3ccccc3)c2)[nH]c2c(F)cccc12. The predicted molar refractivity (Wildman–Crippen MR) is 102 cm³/mol. The van der Waals surface area contributed by atoms with Gasteiger partial charge in [0.1, 0.15) is 17.3 Å². The van der Waals surface area contributed by atoms with Gasteiger partial charge in [0.25, 0.3) is 0 Å². The minimum Gasteiger partial charge on any atom is -0.481 e. The highest BCUT2D eigenvalue weighted by Crippen LogP contribution is 2.34. The van der Waals surface area contributed by atoms with Crippen molar-refractivity contribution >= 4 is 16.9 Å². The number of halogens is 1. The van der Waals surface area contributed by atoms with E-state index in [1.54, 1.807) is 18.2 Å². The zero-order chi connectivity index (χ0) is 18.8. The number of aliphatic carboxylic acids is 1. The molecule has 0 spiro atoms. The fourth-order valence-corrected chi connectivity index (χ4v) is 3.16. The first-order valence-corrected chi connectivity index (χ1v) is 8.46. The van der Waals surface area contributed by atoms with Crippen LogP contribution in [-0.2, 0) is 11.2 Å². The normalized spacial score (nSPS) is 10.9. The Balaban J connectivity index is 1.81. The van der Waals surface area contributed by atoms with Crippen molar-refractivity contribution in [2.45, 2.75) is 6.42 Å². The third kappa shape index (κ3) is 3.40. The van der Waals surface area contributed by atoms with Crippen molar-refractivity contribution < 1.29 is 19.0 Å². The summed E-state index contributed by atoms with van der Waals surface area (Å²) in [5, 5.41) is 9.87. The van der Waals surface area contributed by atoms with Crippen LogP contribution in [0.2, 0.25) is 0 Å². The third-order valence-corrected chi connectivity index (χ3v) is 4.32. The van der Waals surface area contributed by atoms with Crippen molar-refractivity contribution in [1.29, 1.82) is 0 Å². The molecule has 0 saturated carbocycles. The van der Waals surface area contributed by atoms with E-state index in [1.807, 2.05) is 48.5 Å². The van der Waals surface area contributed by atoms with E-state index in [-0.39, 0.29) is 6.42 Å². The van der Waals surface area contributed by atoms with Crippen LogP contribution in [0.3, 0.4) is 0 Å². The van der Waals surface area contributed by atoms with Crippen molar-refractivity contribution in [3.8, 4) is 22.8 Å². The first-order valence-electron chi connectivity index (χ1n) is 8.46. The van der Waals surface area contributed by atoms with E-state index in [2.05, 4.69) is 4.98 Å². The van der Waals surface area contributed by atoms with Crippen molar-refractivity contribution in [3.63, 3.8) is 0 Å². The number of benzene rings is 3. The number of aromatic nitrogens is 1. The maximum atomic E-state index is 14.2. The molecule has 4 aromatic rings. The number of H-pyrrole nitrogens is 1. The number of rotatable bonds is 5.